The van der Waals surface area contributed by atoms with Crippen LogP contribution >= 0.6 is 11.6 Å². The molecule has 1 aliphatic rings. The van der Waals surface area contributed by atoms with E-state index >= 15 is 0 Å². The molecule has 2 aromatic heterocycles. The number of alkyl halides is 1. The predicted molar refractivity (Wildman–Crippen MR) is 124 cm³/mol. The van der Waals surface area contributed by atoms with Gasteiger partial charge < -0.3 is 14.8 Å². The number of anilines is 1. The van der Waals surface area contributed by atoms with Gasteiger partial charge in [-0.05, 0) is 19.1 Å². The monoisotopic (exact) mass is 459 g/mol. The van der Waals surface area contributed by atoms with Crippen molar-refractivity contribution in [2.75, 3.05) is 50.8 Å². The number of benzene rings is 1. The van der Waals surface area contributed by atoms with Crippen LogP contribution in [-0.2, 0) is 11.3 Å². The number of hydrogen-bond acceptors (Lipinski definition) is 6. The number of amides is 1. The van der Waals surface area contributed by atoms with Crippen LogP contribution in [0.25, 0.3) is 22.6 Å². The van der Waals surface area contributed by atoms with Crippen LogP contribution in [-0.4, -0.2) is 76.3 Å². The largest absolute Gasteiger partial charge is 0.355 e. The highest BCUT2D eigenvalue weighted by Gasteiger charge is 2.25. The third-order valence-corrected chi connectivity index (χ3v) is 5.91. The van der Waals surface area contributed by atoms with Crippen molar-refractivity contribution in [2.45, 2.75) is 20.4 Å². The summed E-state index contributed by atoms with van der Waals surface area (Å²) in [4.78, 5) is 30.1. The van der Waals surface area contributed by atoms with Gasteiger partial charge in [0.25, 0.3) is 0 Å². The Morgan fingerprint density at radius 2 is 1.88 bits per heavy atom. The summed E-state index contributed by atoms with van der Waals surface area (Å²) in [6, 6.07) is 7.55. The van der Waals surface area contributed by atoms with Crippen molar-refractivity contribution >= 4 is 34.5 Å². The molecule has 3 aromatic rings. The van der Waals surface area contributed by atoms with Gasteiger partial charge >= 0.3 is 0 Å². The van der Waals surface area contributed by atoms with E-state index in [9.17, 15) is 9.18 Å². The van der Waals surface area contributed by atoms with Crippen molar-refractivity contribution < 1.29 is 9.18 Å². The predicted octanol–water partition coefficient (Wildman–Crippen LogP) is 2.68. The van der Waals surface area contributed by atoms with Crippen LogP contribution in [0.3, 0.4) is 0 Å². The molecule has 1 saturated heterocycles. The molecule has 1 aromatic carbocycles. The first-order valence-corrected chi connectivity index (χ1v) is 11.1. The molecule has 0 unspecified atom stereocenters. The summed E-state index contributed by atoms with van der Waals surface area (Å²) < 4.78 is 14.7. The summed E-state index contributed by atoms with van der Waals surface area (Å²) in [5.74, 6) is 2.02. The smallest absolute Gasteiger partial charge is 0.216 e. The van der Waals surface area contributed by atoms with Gasteiger partial charge in [-0.15, -0.1) is 0 Å². The lowest BCUT2D eigenvalue weighted by molar-refractivity contribution is -0.118. The minimum atomic E-state index is -0.337. The molecule has 10 heteroatoms. The number of aryl methyl sites for hydroxylation is 1. The SMILES string of the molecule is CC(=O)NCCn1c(-c2ccccc2Cl)nc2c(N3CCN(CCF)CC3)nc(C)nc21. The fourth-order valence-corrected chi connectivity index (χ4v) is 4.24. The third-order valence-electron chi connectivity index (χ3n) is 5.58. The molecule has 32 heavy (non-hydrogen) atoms. The number of imidazole rings is 1. The number of aromatic nitrogens is 4. The minimum absolute atomic E-state index is 0.0913. The van der Waals surface area contributed by atoms with E-state index in [1.54, 1.807) is 0 Å². The van der Waals surface area contributed by atoms with Gasteiger partial charge in [0.2, 0.25) is 5.91 Å². The molecule has 0 bridgehead atoms. The first kappa shape index (κ1) is 22.4. The number of carbonyl (C=O) groups excluding carboxylic acids is 1. The van der Waals surface area contributed by atoms with Crippen molar-refractivity contribution in [3.05, 3.63) is 35.1 Å². The molecule has 1 amide bonds. The molecule has 170 valence electrons. The number of nitrogens with one attached hydrogen (secondary N) is 1. The van der Waals surface area contributed by atoms with E-state index in [4.69, 9.17) is 26.6 Å². The molecule has 0 aliphatic carbocycles. The maximum Gasteiger partial charge on any atom is 0.216 e. The fraction of sp³-hybridized carbons (Fsp3) is 0.455. The van der Waals surface area contributed by atoms with E-state index in [-0.39, 0.29) is 12.6 Å². The van der Waals surface area contributed by atoms with Gasteiger partial charge in [0, 0.05) is 58.3 Å². The highest BCUT2D eigenvalue weighted by molar-refractivity contribution is 6.33. The Bertz CT molecular complexity index is 1110. The van der Waals surface area contributed by atoms with E-state index in [1.807, 2.05) is 35.8 Å². The van der Waals surface area contributed by atoms with Gasteiger partial charge in [-0.2, -0.15) is 0 Å². The Labute approximate surface area is 191 Å². The maximum absolute atomic E-state index is 12.7. The number of piperazine rings is 1. The van der Waals surface area contributed by atoms with Gasteiger partial charge in [-0.3, -0.25) is 9.69 Å². The minimum Gasteiger partial charge on any atom is -0.355 e. The molecule has 1 fully saturated rings. The van der Waals surface area contributed by atoms with Gasteiger partial charge in [-0.25, -0.2) is 19.3 Å². The molecule has 3 heterocycles. The second-order valence-electron chi connectivity index (χ2n) is 7.83. The highest BCUT2D eigenvalue weighted by atomic mass is 35.5. The lowest BCUT2D eigenvalue weighted by atomic mass is 10.2. The molecule has 0 saturated carbocycles. The summed E-state index contributed by atoms with van der Waals surface area (Å²) in [5, 5.41) is 3.43. The average molecular weight is 460 g/mol. The van der Waals surface area contributed by atoms with E-state index < -0.39 is 0 Å². The van der Waals surface area contributed by atoms with Gasteiger partial charge in [-0.1, -0.05) is 23.7 Å². The van der Waals surface area contributed by atoms with Crippen molar-refractivity contribution in [3.8, 4) is 11.4 Å². The second kappa shape index (κ2) is 9.79. The van der Waals surface area contributed by atoms with Crippen LogP contribution in [0.2, 0.25) is 5.02 Å². The molecule has 0 spiro atoms. The standard InChI is InChI=1S/C22H27ClFN7O/c1-15-26-21(30-13-11-29(9-7-24)12-14-30)19-22(27-15)31(10-8-25-16(2)32)20(28-19)17-5-3-4-6-18(17)23/h3-6H,7-14H2,1-2H3,(H,25,32). The molecule has 1 aliphatic heterocycles. The van der Waals surface area contributed by atoms with Crippen LogP contribution in [0.5, 0.6) is 0 Å². The lowest BCUT2D eigenvalue weighted by Crippen LogP contribution is -2.47. The van der Waals surface area contributed by atoms with E-state index in [0.717, 1.165) is 37.6 Å². The summed E-state index contributed by atoms with van der Waals surface area (Å²) in [6.07, 6.45) is 0. The third kappa shape index (κ3) is 4.68. The van der Waals surface area contributed by atoms with E-state index in [0.29, 0.717) is 47.5 Å². The first-order chi connectivity index (χ1) is 15.5. The number of nitrogens with zero attached hydrogens (tertiary/aromatic N) is 6. The number of hydrogen-bond donors (Lipinski definition) is 1. The summed E-state index contributed by atoms with van der Waals surface area (Å²) in [5.41, 5.74) is 2.21. The number of halogens is 2. The van der Waals surface area contributed by atoms with Crippen LogP contribution in [0, 0.1) is 6.92 Å². The number of carbonyl (C=O) groups is 1. The molecule has 0 atom stereocenters. The van der Waals surface area contributed by atoms with Crippen molar-refractivity contribution in [1.82, 2.24) is 29.7 Å². The zero-order valence-corrected chi connectivity index (χ0v) is 19.1. The highest BCUT2D eigenvalue weighted by Crippen LogP contribution is 2.32. The summed E-state index contributed by atoms with van der Waals surface area (Å²) in [6.45, 7) is 7.45. The van der Waals surface area contributed by atoms with Gasteiger partial charge in [0.05, 0.1) is 5.02 Å². The Morgan fingerprint density at radius 3 is 2.56 bits per heavy atom. The Morgan fingerprint density at radius 1 is 1.12 bits per heavy atom. The summed E-state index contributed by atoms with van der Waals surface area (Å²) >= 11 is 6.50. The van der Waals surface area contributed by atoms with E-state index in [2.05, 4.69) is 15.1 Å². The van der Waals surface area contributed by atoms with Crippen molar-refractivity contribution in [3.63, 3.8) is 0 Å². The Balaban J connectivity index is 1.78. The quantitative estimate of drug-likeness (QED) is 0.585. The molecule has 1 N–H and O–H groups in total. The van der Waals surface area contributed by atoms with Crippen molar-refractivity contribution in [2.24, 2.45) is 0 Å². The zero-order chi connectivity index (χ0) is 22.7. The maximum atomic E-state index is 12.7. The van der Waals surface area contributed by atoms with Crippen molar-refractivity contribution in [1.29, 1.82) is 0 Å². The Kier molecular flexibility index (Phi) is 6.86. The lowest BCUT2D eigenvalue weighted by Gasteiger charge is -2.34. The van der Waals surface area contributed by atoms with E-state index in [1.165, 1.54) is 6.92 Å². The van der Waals surface area contributed by atoms with Gasteiger partial charge in [0.1, 0.15) is 18.3 Å². The molecule has 8 nitrogen and oxygen atoms in total. The molecular weight excluding hydrogens is 433 g/mol. The fourth-order valence-electron chi connectivity index (χ4n) is 4.02. The number of rotatable bonds is 7. The zero-order valence-electron chi connectivity index (χ0n) is 18.3. The normalized spacial score (nSPS) is 14.8. The summed E-state index contributed by atoms with van der Waals surface area (Å²) in [7, 11) is 0. The van der Waals surface area contributed by atoms with Gasteiger partial charge in [0.15, 0.2) is 17.0 Å². The molecular formula is C22H27ClFN7O. The van der Waals surface area contributed by atoms with Crippen LogP contribution in [0.15, 0.2) is 24.3 Å². The first-order valence-electron chi connectivity index (χ1n) is 10.8. The Hall–Kier alpha value is -2.78. The topological polar surface area (TPSA) is 79.2 Å². The average Bonchev–Trinajstić information content (AvgIpc) is 3.12. The van der Waals surface area contributed by atoms with Crippen LogP contribution in [0.4, 0.5) is 10.2 Å². The second-order valence-corrected chi connectivity index (χ2v) is 8.24. The molecule has 4 rings (SSSR count). The molecule has 0 radical (unpaired) electrons. The van der Waals surface area contributed by atoms with Crippen LogP contribution < -0.4 is 10.2 Å². The van der Waals surface area contributed by atoms with Crippen LogP contribution in [0.1, 0.15) is 12.7 Å². The number of fused-ring (bicyclic) bond motifs is 1.